The van der Waals surface area contributed by atoms with Gasteiger partial charge in [0.1, 0.15) is 5.75 Å². The second-order valence-electron chi connectivity index (χ2n) is 2.80. The molecule has 0 saturated heterocycles. The van der Waals surface area contributed by atoms with Gasteiger partial charge in [0.2, 0.25) is 5.96 Å². The van der Waals surface area contributed by atoms with Gasteiger partial charge in [-0.05, 0) is 19.1 Å². The van der Waals surface area contributed by atoms with Crippen LogP contribution >= 0.6 is 0 Å². The lowest BCUT2D eigenvalue weighted by Crippen LogP contribution is -2.36. The zero-order valence-electron chi connectivity index (χ0n) is 8.95. The molecule has 0 atom stereocenters. The number of rotatable bonds is 3. The topological polar surface area (TPSA) is 71.7 Å². The van der Waals surface area contributed by atoms with Crippen LogP contribution in [0.1, 0.15) is 6.92 Å². The number of benzene rings is 1. The molecule has 0 aliphatic rings. The van der Waals surface area contributed by atoms with E-state index in [2.05, 4.69) is 15.7 Å². The smallest absolute Gasteiger partial charge is 0.209 e. The number of hydrazine groups is 1. The van der Waals surface area contributed by atoms with Gasteiger partial charge in [-0.25, -0.2) is 5.84 Å². The molecule has 5 nitrogen and oxygen atoms in total. The van der Waals surface area contributed by atoms with E-state index >= 15 is 0 Å². The van der Waals surface area contributed by atoms with Gasteiger partial charge >= 0.3 is 0 Å². The Labute approximate surface area is 89.3 Å². The molecule has 0 amide bonds. The van der Waals surface area contributed by atoms with E-state index < -0.39 is 0 Å². The molecule has 0 spiro atoms. The highest BCUT2D eigenvalue weighted by atomic mass is 16.5. The van der Waals surface area contributed by atoms with Crippen LogP contribution in [0.3, 0.4) is 0 Å². The van der Waals surface area contributed by atoms with Crippen molar-refractivity contribution in [1.82, 2.24) is 5.43 Å². The van der Waals surface area contributed by atoms with Gasteiger partial charge in [0.15, 0.2) is 0 Å². The van der Waals surface area contributed by atoms with Crippen LogP contribution in [-0.2, 0) is 0 Å². The third-order valence-electron chi connectivity index (χ3n) is 1.77. The molecular formula is C10H16N4O. The minimum Gasteiger partial charge on any atom is -0.494 e. The zero-order chi connectivity index (χ0) is 11.1. The molecule has 0 radical (unpaired) electrons. The van der Waals surface area contributed by atoms with Crippen molar-refractivity contribution >= 4 is 11.6 Å². The van der Waals surface area contributed by atoms with Crippen molar-refractivity contribution in [1.29, 1.82) is 0 Å². The van der Waals surface area contributed by atoms with Crippen LogP contribution in [0.2, 0.25) is 0 Å². The largest absolute Gasteiger partial charge is 0.494 e. The van der Waals surface area contributed by atoms with Gasteiger partial charge in [0.05, 0.1) is 6.61 Å². The molecule has 4 N–H and O–H groups in total. The van der Waals surface area contributed by atoms with E-state index in [1.54, 1.807) is 7.05 Å². The number of nitrogens with two attached hydrogens (primary N) is 1. The Bertz CT molecular complexity index is 338. The molecule has 1 aromatic carbocycles. The Hall–Kier alpha value is -1.75. The minimum atomic E-state index is 0.503. The summed E-state index contributed by atoms with van der Waals surface area (Å²) in [6.45, 7) is 2.59. The van der Waals surface area contributed by atoms with Crippen molar-refractivity contribution in [3.8, 4) is 5.75 Å². The molecule has 1 aromatic rings. The molecule has 0 aliphatic carbocycles. The summed E-state index contributed by atoms with van der Waals surface area (Å²) in [5, 5.41) is 3.01. The first-order valence-electron chi connectivity index (χ1n) is 4.73. The van der Waals surface area contributed by atoms with E-state index in [9.17, 15) is 0 Å². The minimum absolute atomic E-state index is 0.503. The summed E-state index contributed by atoms with van der Waals surface area (Å²) in [6.07, 6.45) is 0. The van der Waals surface area contributed by atoms with E-state index in [1.165, 1.54) is 0 Å². The zero-order valence-corrected chi connectivity index (χ0v) is 8.95. The predicted molar refractivity (Wildman–Crippen MR) is 61.9 cm³/mol. The van der Waals surface area contributed by atoms with Crippen LogP contribution < -0.4 is 21.3 Å². The van der Waals surface area contributed by atoms with E-state index in [0.717, 1.165) is 11.4 Å². The molecule has 5 heteroatoms. The highest BCUT2D eigenvalue weighted by molar-refractivity contribution is 5.93. The van der Waals surface area contributed by atoms with Crippen molar-refractivity contribution < 1.29 is 4.74 Å². The van der Waals surface area contributed by atoms with Gasteiger partial charge in [-0.15, -0.1) is 0 Å². The first-order valence-corrected chi connectivity index (χ1v) is 4.73. The SMILES string of the molecule is CCOc1cccc(NC(=NC)NN)c1. The summed E-state index contributed by atoms with van der Waals surface area (Å²) in [4.78, 5) is 3.91. The van der Waals surface area contributed by atoms with E-state index in [-0.39, 0.29) is 0 Å². The molecule has 0 aliphatic heterocycles. The third-order valence-corrected chi connectivity index (χ3v) is 1.77. The van der Waals surface area contributed by atoms with Gasteiger partial charge in [-0.1, -0.05) is 6.07 Å². The van der Waals surface area contributed by atoms with Gasteiger partial charge in [-0.3, -0.25) is 10.4 Å². The number of hydrogen-bond acceptors (Lipinski definition) is 3. The van der Waals surface area contributed by atoms with Crippen LogP contribution in [0.15, 0.2) is 29.3 Å². The second-order valence-corrected chi connectivity index (χ2v) is 2.80. The highest BCUT2D eigenvalue weighted by Crippen LogP contribution is 2.16. The predicted octanol–water partition coefficient (Wildman–Crippen LogP) is 0.946. The third kappa shape index (κ3) is 3.47. The first-order chi connectivity index (χ1) is 7.30. The lowest BCUT2D eigenvalue weighted by molar-refractivity contribution is 0.340. The fraction of sp³-hybridized carbons (Fsp3) is 0.300. The quantitative estimate of drug-likeness (QED) is 0.299. The van der Waals surface area contributed by atoms with Crippen molar-refractivity contribution in [3.05, 3.63) is 24.3 Å². The number of nitrogens with zero attached hydrogens (tertiary/aromatic N) is 1. The number of nitrogens with one attached hydrogen (secondary N) is 2. The molecule has 0 bridgehead atoms. The molecule has 1 rings (SSSR count). The Morgan fingerprint density at radius 2 is 2.33 bits per heavy atom. The van der Waals surface area contributed by atoms with Crippen LogP contribution in [0, 0.1) is 0 Å². The summed E-state index contributed by atoms with van der Waals surface area (Å²) in [5.41, 5.74) is 3.32. The maximum absolute atomic E-state index is 5.36. The van der Waals surface area contributed by atoms with Crippen LogP contribution in [0.4, 0.5) is 5.69 Å². The summed E-state index contributed by atoms with van der Waals surface area (Å²) in [5.74, 6) is 6.57. The van der Waals surface area contributed by atoms with Crippen molar-refractivity contribution in [3.63, 3.8) is 0 Å². The molecule has 15 heavy (non-hydrogen) atoms. The maximum atomic E-state index is 5.36. The van der Waals surface area contributed by atoms with Crippen molar-refractivity contribution in [2.24, 2.45) is 10.8 Å². The first kappa shape index (κ1) is 11.3. The van der Waals surface area contributed by atoms with Crippen molar-refractivity contribution in [2.45, 2.75) is 6.92 Å². The van der Waals surface area contributed by atoms with E-state index in [0.29, 0.717) is 12.6 Å². The Balaban J connectivity index is 2.72. The summed E-state index contributed by atoms with van der Waals surface area (Å²) < 4.78 is 5.36. The Kier molecular flexibility index (Phi) is 4.43. The number of anilines is 1. The average Bonchev–Trinajstić information content (AvgIpc) is 2.27. The molecule has 0 unspecified atom stereocenters. The normalized spacial score (nSPS) is 11.0. The molecule has 0 aromatic heterocycles. The standard InChI is InChI=1S/C10H16N4O/c1-3-15-9-6-4-5-8(7-9)13-10(12-2)14-11/h4-7H,3,11H2,1-2H3,(H2,12,13,14). The number of hydrogen-bond donors (Lipinski definition) is 3. The molecule has 0 heterocycles. The van der Waals surface area contributed by atoms with Gasteiger partial charge in [0.25, 0.3) is 0 Å². The molecule has 0 saturated carbocycles. The van der Waals surface area contributed by atoms with Crippen LogP contribution in [-0.4, -0.2) is 19.6 Å². The second kappa shape index (κ2) is 5.87. The summed E-state index contributed by atoms with van der Waals surface area (Å²) >= 11 is 0. The van der Waals surface area contributed by atoms with Gasteiger partial charge in [0, 0.05) is 18.8 Å². The highest BCUT2D eigenvalue weighted by Gasteiger charge is 1.98. The average molecular weight is 208 g/mol. The fourth-order valence-electron chi connectivity index (χ4n) is 1.12. The van der Waals surface area contributed by atoms with E-state index in [4.69, 9.17) is 10.6 Å². The number of guanidine groups is 1. The van der Waals surface area contributed by atoms with Gasteiger partial charge < -0.3 is 10.1 Å². The van der Waals surface area contributed by atoms with Crippen LogP contribution in [0.5, 0.6) is 5.75 Å². The fourth-order valence-corrected chi connectivity index (χ4v) is 1.12. The van der Waals surface area contributed by atoms with Crippen molar-refractivity contribution in [2.75, 3.05) is 19.0 Å². The Morgan fingerprint density at radius 1 is 1.53 bits per heavy atom. The molecular weight excluding hydrogens is 192 g/mol. The number of ether oxygens (including phenoxy) is 1. The lowest BCUT2D eigenvalue weighted by Gasteiger charge is -2.09. The monoisotopic (exact) mass is 208 g/mol. The van der Waals surface area contributed by atoms with Gasteiger partial charge in [-0.2, -0.15) is 0 Å². The summed E-state index contributed by atoms with van der Waals surface area (Å²) in [6, 6.07) is 7.58. The van der Waals surface area contributed by atoms with E-state index in [1.807, 2.05) is 31.2 Å². The van der Waals surface area contributed by atoms with Crippen LogP contribution in [0.25, 0.3) is 0 Å². The summed E-state index contributed by atoms with van der Waals surface area (Å²) in [7, 11) is 1.65. The number of aliphatic imine (C=N–C) groups is 1. The Morgan fingerprint density at radius 3 is 2.93 bits per heavy atom. The molecule has 82 valence electrons. The maximum Gasteiger partial charge on any atom is 0.209 e. The lowest BCUT2D eigenvalue weighted by atomic mass is 10.3. The molecule has 0 fully saturated rings.